The molecule has 2 fully saturated rings. The first-order valence-electron chi connectivity index (χ1n) is 11.0. The molecule has 152 valence electrons. The molecule has 5 heteroatoms. The predicted octanol–water partition coefficient (Wildman–Crippen LogP) is 3.60. The first kappa shape index (κ1) is 18.6. The van der Waals surface area contributed by atoms with Crippen LogP contribution in [-0.2, 0) is 16.8 Å². The van der Waals surface area contributed by atoms with Crippen LogP contribution in [0.25, 0.3) is 6.08 Å². The maximum atomic E-state index is 13.3. The van der Waals surface area contributed by atoms with Gasteiger partial charge in [-0.05, 0) is 31.2 Å². The molecular weight excluding hydrogens is 360 g/mol. The Morgan fingerprint density at radius 2 is 1.97 bits per heavy atom. The molecule has 5 nitrogen and oxygen atoms in total. The summed E-state index contributed by atoms with van der Waals surface area (Å²) in [6.07, 6.45) is 12.5. The Morgan fingerprint density at radius 3 is 2.69 bits per heavy atom. The van der Waals surface area contributed by atoms with Crippen molar-refractivity contribution in [1.82, 2.24) is 19.8 Å². The summed E-state index contributed by atoms with van der Waals surface area (Å²) in [5.41, 5.74) is 3.41. The van der Waals surface area contributed by atoms with Crippen LogP contribution in [0.3, 0.4) is 0 Å². The van der Waals surface area contributed by atoms with Crippen molar-refractivity contribution in [3.63, 3.8) is 0 Å². The van der Waals surface area contributed by atoms with Crippen molar-refractivity contribution in [3.05, 3.63) is 59.7 Å². The van der Waals surface area contributed by atoms with Crippen LogP contribution in [0.2, 0.25) is 0 Å². The molecule has 1 N–H and O–H groups in total. The fraction of sp³-hybridized carbons (Fsp3) is 0.500. The number of likely N-dealkylation sites (tertiary alicyclic amines) is 1. The van der Waals surface area contributed by atoms with Gasteiger partial charge in [-0.15, -0.1) is 0 Å². The van der Waals surface area contributed by atoms with Crippen LogP contribution < -0.4 is 0 Å². The van der Waals surface area contributed by atoms with Crippen LogP contribution in [0.4, 0.5) is 0 Å². The van der Waals surface area contributed by atoms with Crippen molar-refractivity contribution >= 4 is 12.0 Å². The topological polar surface area (TPSA) is 52.2 Å². The van der Waals surface area contributed by atoms with Gasteiger partial charge in [0.15, 0.2) is 0 Å². The van der Waals surface area contributed by atoms with Gasteiger partial charge in [-0.25, -0.2) is 4.98 Å². The highest BCUT2D eigenvalue weighted by Crippen LogP contribution is 2.44. The number of benzene rings is 1. The highest BCUT2D eigenvalue weighted by atomic mass is 16.2. The lowest BCUT2D eigenvalue weighted by molar-refractivity contribution is -0.149. The molecule has 1 aromatic heterocycles. The van der Waals surface area contributed by atoms with E-state index in [4.69, 9.17) is 4.98 Å². The Hall–Kier alpha value is -2.40. The summed E-state index contributed by atoms with van der Waals surface area (Å²) >= 11 is 0. The number of nitrogens with one attached hydrogen (secondary N) is 1. The largest absolute Gasteiger partial charge is 0.348 e. The lowest BCUT2D eigenvalue weighted by Gasteiger charge is -2.51. The molecule has 5 rings (SSSR count). The molecule has 1 spiro atoms. The Bertz CT molecular complexity index is 875. The Kier molecular flexibility index (Phi) is 5.00. The van der Waals surface area contributed by atoms with E-state index in [9.17, 15) is 4.79 Å². The molecule has 0 unspecified atom stereocenters. The van der Waals surface area contributed by atoms with Gasteiger partial charge < -0.3 is 9.88 Å². The first-order valence-corrected chi connectivity index (χ1v) is 11.0. The zero-order valence-electron chi connectivity index (χ0n) is 17.0. The first-order chi connectivity index (χ1) is 14.3. The Morgan fingerprint density at radius 1 is 1.17 bits per heavy atom. The molecule has 2 aliphatic heterocycles. The maximum absolute atomic E-state index is 13.3. The zero-order valence-corrected chi connectivity index (χ0v) is 17.0. The van der Waals surface area contributed by atoms with Gasteiger partial charge in [0.05, 0.1) is 17.6 Å². The van der Waals surface area contributed by atoms with E-state index in [1.165, 1.54) is 17.7 Å². The SMILES string of the molecule is O=C(C1CCC1)N1CCc2[nH]cnc2C12CCN(CC=Cc1ccccc1)CC2. The number of aromatic nitrogens is 2. The van der Waals surface area contributed by atoms with E-state index in [0.717, 1.165) is 64.0 Å². The van der Waals surface area contributed by atoms with Gasteiger partial charge in [0.2, 0.25) is 5.91 Å². The summed E-state index contributed by atoms with van der Waals surface area (Å²) in [6, 6.07) is 10.5. The molecule has 0 bridgehead atoms. The smallest absolute Gasteiger partial charge is 0.226 e. The van der Waals surface area contributed by atoms with Crippen LogP contribution >= 0.6 is 0 Å². The number of piperidine rings is 1. The third-order valence-corrected chi connectivity index (χ3v) is 7.14. The summed E-state index contributed by atoms with van der Waals surface area (Å²) in [5, 5.41) is 0. The van der Waals surface area contributed by atoms with Crippen molar-refractivity contribution in [1.29, 1.82) is 0 Å². The molecule has 1 aliphatic carbocycles. The average Bonchev–Trinajstić information content (AvgIpc) is 3.19. The fourth-order valence-electron chi connectivity index (χ4n) is 5.19. The van der Waals surface area contributed by atoms with E-state index in [1.54, 1.807) is 0 Å². The second kappa shape index (κ2) is 7.79. The fourth-order valence-corrected chi connectivity index (χ4v) is 5.19. The molecule has 1 aromatic carbocycles. The third-order valence-electron chi connectivity index (χ3n) is 7.14. The lowest BCUT2D eigenvalue weighted by Crippen LogP contribution is -2.59. The van der Waals surface area contributed by atoms with Crippen molar-refractivity contribution in [2.24, 2.45) is 5.92 Å². The van der Waals surface area contributed by atoms with Crippen LogP contribution in [0.5, 0.6) is 0 Å². The van der Waals surface area contributed by atoms with Crippen LogP contribution in [0.1, 0.15) is 49.1 Å². The molecule has 3 heterocycles. The van der Waals surface area contributed by atoms with E-state index < -0.39 is 0 Å². The van der Waals surface area contributed by atoms with Crippen molar-refractivity contribution in [2.75, 3.05) is 26.2 Å². The zero-order chi connectivity index (χ0) is 19.7. The summed E-state index contributed by atoms with van der Waals surface area (Å²) in [5.74, 6) is 0.626. The normalized spacial score (nSPS) is 22.0. The number of nitrogens with zero attached hydrogens (tertiary/aromatic N) is 3. The van der Waals surface area contributed by atoms with Crippen LogP contribution in [0.15, 0.2) is 42.7 Å². The number of aromatic amines is 1. The molecule has 1 saturated carbocycles. The molecule has 1 amide bonds. The van der Waals surface area contributed by atoms with Gasteiger partial charge >= 0.3 is 0 Å². The average molecular weight is 391 g/mol. The van der Waals surface area contributed by atoms with E-state index >= 15 is 0 Å². The van der Waals surface area contributed by atoms with Crippen LogP contribution in [-0.4, -0.2) is 51.9 Å². The van der Waals surface area contributed by atoms with E-state index in [1.807, 2.05) is 12.4 Å². The summed E-state index contributed by atoms with van der Waals surface area (Å²) < 4.78 is 0. The molecule has 1 saturated heterocycles. The molecule has 2 aromatic rings. The maximum Gasteiger partial charge on any atom is 0.226 e. The number of carbonyl (C=O) groups excluding carboxylic acids is 1. The summed E-state index contributed by atoms with van der Waals surface area (Å²) in [7, 11) is 0. The molecular formula is C24H30N4O. The molecule has 0 atom stereocenters. The van der Waals surface area contributed by atoms with Gasteiger partial charge in [0, 0.05) is 44.2 Å². The highest BCUT2D eigenvalue weighted by Gasteiger charge is 2.49. The van der Waals surface area contributed by atoms with Gasteiger partial charge in [-0.3, -0.25) is 9.69 Å². The van der Waals surface area contributed by atoms with E-state index in [-0.39, 0.29) is 11.5 Å². The highest BCUT2D eigenvalue weighted by molar-refractivity contribution is 5.81. The van der Waals surface area contributed by atoms with Crippen LogP contribution in [0, 0.1) is 5.92 Å². The number of H-pyrrole nitrogens is 1. The number of hydrogen-bond donors (Lipinski definition) is 1. The standard InChI is InChI=1S/C24H30N4O/c29-23(20-9-4-10-20)28-15-11-21-22(26-18-25-21)24(28)12-16-27(17-13-24)14-5-8-19-6-2-1-3-7-19/h1-3,5-8,18,20H,4,9-17H2,(H,25,26). The van der Waals surface area contributed by atoms with Gasteiger partial charge in [-0.2, -0.15) is 0 Å². The Balaban J connectivity index is 1.30. The summed E-state index contributed by atoms with van der Waals surface area (Å²) in [6.45, 7) is 3.78. The monoisotopic (exact) mass is 390 g/mol. The summed E-state index contributed by atoms with van der Waals surface area (Å²) in [4.78, 5) is 26.0. The third kappa shape index (κ3) is 3.42. The van der Waals surface area contributed by atoms with Crippen molar-refractivity contribution < 1.29 is 4.79 Å². The van der Waals surface area contributed by atoms with E-state index in [2.05, 4.69) is 51.2 Å². The predicted molar refractivity (Wildman–Crippen MR) is 114 cm³/mol. The number of hydrogen-bond acceptors (Lipinski definition) is 3. The minimum atomic E-state index is -0.208. The van der Waals surface area contributed by atoms with Gasteiger partial charge in [0.1, 0.15) is 0 Å². The lowest BCUT2D eigenvalue weighted by atomic mass is 9.76. The molecule has 29 heavy (non-hydrogen) atoms. The number of amides is 1. The number of imidazole rings is 1. The quantitative estimate of drug-likeness (QED) is 0.868. The molecule has 0 radical (unpaired) electrons. The van der Waals surface area contributed by atoms with Crippen molar-refractivity contribution in [2.45, 2.75) is 44.1 Å². The van der Waals surface area contributed by atoms with Crippen molar-refractivity contribution in [3.8, 4) is 0 Å². The second-order valence-electron chi connectivity index (χ2n) is 8.74. The second-order valence-corrected chi connectivity index (χ2v) is 8.74. The minimum absolute atomic E-state index is 0.208. The number of carbonyl (C=O) groups is 1. The number of fused-ring (bicyclic) bond motifs is 2. The Labute approximate surface area is 172 Å². The molecule has 3 aliphatic rings. The van der Waals surface area contributed by atoms with E-state index in [0.29, 0.717) is 5.91 Å². The minimum Gasteiger partial charge on any atom is -0.348 e. The van der Waals surface area contributed by atoms with Gasteiger partial charge in [0.25, 0.3) is 0 Å². The number of rotatable bonds is 4. The van der Waals surface area contributed by atoms with Gasteiger partial charge in [-0.1, -0.05) is 48.9 Å².